The van der Waals surface area contributed by atoms with E-state index in [0.717, 1.165) is 56.0 Å². The summed E-state index contributed by atoms with van der Waals surface area (Å²) in [6, 6.07) is 0. The molecule has 102 valence electrons. The first kappa shape index (κ1) is 13.2. The summed E-state index contributed by atoms with van der Waals surface area (Å²) < 4.78 is 1.92. The van der Waals surface area contributed by atoms with Crippen molar-refractivity contribution in [3.8, 4) is 0 Å². The molecule has 0 aliphatic heterocycles. The van der Waals surface area contributed by atoms with Crippen LogP contribution in [0.2, 0.25) is 0 Å². The predicted molar refractivity (Wildman–Crippen MR) is 73.5 cm³/mol. The fraction of sp³-hybridized carbons (Fsp3) is 0.769. The molecule has 1 aliphatic carbocycles. The number of nitrogens with zero attached hydrogens (tertiary/aromatic N) is 2. The fourth-order valence-electron chi connectivity index (χ4n) is 2.60. The summed E-state index contributed by atoms with van der Waals surface area (Å²) in [6.07, 6.45) is 3.94. The van der Waals surface area contributed by atoms with Gasteiger partial charge in [0, 0.05) is 13.1 Å². The summed E-state index contributed by atoms with van der Waals surface area (Å²) in [6.45, 7) is 5.74. The van der Waals surface area contributed by atoms with Gasteiger partial charge in [0.2, 0.25) is 0 Å². The number of aromatic nitrogens is 2. The summed E-state index contributed by atoms with van der Waals surface area (Å²) >= 11 is 0. The van der Waals surface area contributed by atoms with Crippen LogP contribution in [0.5, 0.6) is 0 Å². The summed E-state index contributed by atoms with van der Waals surface area (Å²) in [5.74, 6) is 1.58. The third kappa shape index (κ3) is 2.77. The molecule has 0 unspecified atom stereocenters. The van der Waals surface area contributed by atoms with Crippen molar-refractivity contribution in [1.82, 2.24) is 9.78 Å². The highest BCUT2D eigenvalue weighted by atomic mass is 16.3. The number of anilines is 2. The molecule has 18 heavy (non-hydrogen) atoms. The molecule has 1 aromatic rings. The summed E-state index contributed by atoms with van der Waals surface area (Å²) in [5, 5.41) is 17.3. The maximum atomic E-state index is 9.49. The molecule has 0 spiro atoms. The van der Waals surface area contributed by atoms with Gasteiger partial charge in [-0.15, -0.1) is 0 Å². The number of aryl methyl sites for hydroxylation is 2. The number of nitrogens with two attached hydrogens (primary N) is 1. The first-order valence-electron chi connectivity index (χ1n) is 6.86. The number of hydrogen-bond acceptors (Lipinski definition) is 4. The molecule has 1 heterocycles. The summed E-state index contributed by atoms with van der Waals surface area (Å²) in [4.78, 5) is 0. The average molecular weight is 252 g/mol. The molecule has 5 nitrogen and oxygen atoms in total. The Morgan fingerprint density at radius 1 is 1.39 bits per heavy atom. The second kappa shape index (κ2) is 5.61. The quantitative estimate of drug-likeness (QED) is 0.763. The van der Waals surface area contributed by atoms with Crippen molar-refractivity contribution < 1.29 is 5.11 Å². The molecule has 4 N–H and O–H groups in total. The molecule has 2 rings (SSSR count). The van der Waals surface area contributed by atoms with E-state index in [1.807, 2.05) is 11.6 Å². The minimum absolute atomic E-state index is 0.0882. The van der Waals surface area contributed by atoms with Gasteiger partial charge in [-0.25, -0.2) is 4.68 Å². The molecule has 1 aliphatic rings. The van der Waals surface area contributed by atoms with E-state index in [2.05, 4.69) is 17.3 Å². The number of nitrogen functional groups attached to an aromatic ring is 1. The molecular formula is C13H24N4O. The largest absolute Gasteiger partial charge is 0.394 e. The Balaban J connectivity index is 1.93. The van der Waals surface area contributed by atoms with Crippen LogP contribution in [0.4, 0.5) is 11.5 Å². The molecule has 0 saturated heterocycles. The maximum absolute atomic E-state index is 9.49. The van der Waals surface area contributed by atoms with Gasteiger partial charge in [-0.2, -0.15) is 5.10 Å². The predicted octanol–water partition coefficient (Wildman–Crippen LogP) is 1.76. The van der Waals surface area contributed by atoms with E-state index in [0.29, 0.717) is 5.92 Å². The topological polar surface area (TPSA) is 76.1 Å². The summed E-state index contributed by atoms with van der Waals surface area (Å²) in [7, 11) is 0. The van der Waals surface area contributed by atoms with Crippen LogP contribution >= 0.6 is 0 Å². The molecule has 0 bridgehead atoms. The van der Waals surface area contributed by atoms with Crippen molar-refractivity contribution in [3.63, 3.8) is 0 Å². The van der Waals surface area contributed by atoms with Crippen LogP contribution in [0.1, 0.15) is 38.3 Å². The van der Waals surface area contributed by atoms with E-state index in [4.69, 9.17) is 5.73 Å². The lowest BCUT2D eigenvalue weighted by Gasteiger charge is -2.25. The van der Waals surface area contributed by atoms with Crippen LogP contribution in [0.3, 0.4) is 0 Å². The van der Waals surface area contributed by atoms with E-state index in [1.54, 1.807) is 0 Å². The first-order chi connectivity index (χ1) is 8.61. The molecule has 1 fully saturated rings. The minimum atomic E-state index is -0.0882. The SMILES string of the molecule is CCn1nc(C)c(N)c1NCC1CCC(O)CC1. The van der Waals surface area contributed by atoms with Crippen molar-refractivity contribution in [2.24, 2.45) is 5.92 Å². The van der Waals surface area contributed by atoms with E-state index < -0.39 is 0 Å². The zero-order valence-corrected chi connectivity index (χ0v) is 11.3. The first-order valence-corrected chi connectivity index (χ1v) is 6.86. The Labute approximate surface area is 108 Å². The van der Waals surface area contributed by atoms with Crippen LogP contribution in [-0.4, -0.2) is 27.5 Å². The molecule has 0 aromatic carbocycles. The van der Waals surface area contributed by atoms with Crippen molar-refractivity contribution in [2.45, 2.75) is 52.2 Å². The van der Waals surface area contributed by atoms with Crippen LogP contribution in [0, 0.1) is 12.8 Å². The van der Waals surface area contributed by atoms with Crippen molar-refractivity contribution in [1.29, 1.82) is 0 Å². The molecule has 0 radical (unpaired) electrons. The number of hydrogen-bond donors (Lipinski definition) is 3. The Kier molecular flexibility index (Phi) is 4.11. The molecule has 5 heteroatoms. The second-order valence-electron chi connectivity index (χ2n) is 5.22. The summed E-state index contributed by atoms with van der Waals surface area (Å²) in [5.41, 5.74) is 7.68. The van der Waals surface area contributed by atoms with Crippen LogP contribution in [0.15, 0.2) is 0 Å². The lowest BCUT2D eigenvalue weighted by Crippen LogP contribution is -2.24. The van der Waals surface area contributed by atoms with E-state index in [9.17, 15) is 5.11 Å². The lowest BCUT2D eigenvalue weighted by molar-refractivity contribution is 0.111. The lowest BCUT2D eigenvalue weighted by atomic mass is 9.87. The van der Waals surface area contributed by atoms with Gasteiger partial charge in [-0.3, -0.25) is 0 Å². The fourth-order valence-corrected chi connectivity index (χ4v) is 2.60. The molecule has 0 atom stereocenters. The Morgan fingerprint density at radius 2 is 2.06 bits per heavy atom. The highest BCUT2D eigenvalue weighted by Gasteiger charge is 2.20. The standard InChI is InChI=1S/C13H24N4O/c1-3-17-13(12(14)9(2)16-17)15-8-10-4-6-11(18)7-5-10/h10-11,15,18H,3-8,14H2,1-2H3. The second-order valence-corrected chi connectivity index (χ2v) is 5.22. The minimum Gasteiger partial charge on any atom is -0.394 e. The Morgan fingerprint density at radius 3 is 2.67 bits per heavy atom. The molecule has 1 aromatic heterocycles. The van der Waals surface area contributed by atoms with Crippen LogP contribution < -0.4 is 11.1 Å². The van der Waals surface area contributed by atoms with Gasteiger partial charge >= 0.3 is 0 Å². The van der Waals surface area contributed by atoms with Crippen molar-refractivity contribution in [2.75, 3.05) is 17.6 Å². The van der Waals surface area contributed by atoms with Gasteiger partial charge < -0.3 is 16.2 Å². The van der Waals surface area contributed by atoms with Gasteiger partial charge in [-0.05, 0) is 45.4 Å². The number of aliphatic hydroxyl groups excluding tert-OH is 1. The maximum Gasteiger partial charge on any atom is 0.148 e. The van der Waals surface area contributed by atoms with E-state index in [1.165, 1.54) is 0 Å². The van der Waals surface area contributed by atoms with Gasteiger partial charge in [0.15, 0.2) is 0 Å². The van der Waals surface area contributed by atoms with Crippen LogP contribution in [-0.2, 0) is 6.54 Å². The van der Waals surface area contributed by atoms with Gasteiger partial charge in [0.05, 0.1) is 17.5 Å². The normalized spacial score (nSPS) is 24.2. The van der Waals surface area contributed by atoms with Crippen molar-refractivity contribution in [3.05, 3.63) is 5.69 Å². The Hall–Kier alpha value is -1.23. The number of rotatable bonds is 4. The monoisotopic (exact) mass is 252 g/mol. The van der Waals surface area contributed by atoms with E-state index in [-0.39, 0.29) is 6.10 Å². The number of aliphatic hydroxyl groups is 1. The molecule has 1 saturated carbocycles. The highest BCUT2D eigenvalue weighted by Crippen LogP contribution is 2.27. The number of nitrogens with one attached hydrogen (secondary N) is 1. The zero-order chi connectivity index (χ0) is 13.1. The third-order valence-corrected chi connectivity index (χ3v) is 3.85. The zero-order valence-electron chi connectivity index (χ0n) is 11.3. The average Bonchev–Trinajstić information content (AvgIpc) is 2.65. The molecule has 0 amide bonds. The highest BCUT2D eigenvalue weighted by molar-refractivity contribution is 5.64. The van der Waals surface area contributed by atoms with Gasteiger partial charge in [0.1, 0.15) is 5.82 Å². The van der Waals surface area contributed by atoms with Gasteiger partial charge in [0.25, 0.3) is 0 Å². The van der Waals surface area contributed by atoms with E-state index >= 15 is 0 Å². The third-order valence-electron chi connectivity index (χ3n) is 3.85. The van der Waals surface area contributed by atoms with Gasteiger partial charge in [-0.1, -0.05) is 0 Å². The smallest absolute Gasteiger partial charge is 0.148 e. The van der Waals surface area contributed by atoms with Crippen LogP contribution in [0.25, 0.3) is 0 Å². The molecular weight excluding hydrogens is 228 g/mol. The van der Waals surface area contributed by atoms with Crippen molar-refractivity contribution >= 4 is 11.5 Å². The Bertz CT molecular complexity index is 394.